The van der Waals surface area contributed by atoms with Crippen molar-refractivity contribution in [1.29, 1.82) is 0 Å². The van der Waals surface area contributed by atoms with E-state index in [0.717, 1.165) is 17.5 Å². The van der Waals surface area contributed by atoms with Gasteiger partial charge in [0.15, 0.2) is 0 Å². The highest BCUT2D eigenvalue weighted by atomic mass is 16.5. The second-order valence-corrected chi connectivity index (χ2v) is 9.61. The van der Waals surface area contributed by atoms with Gasteiger partial charge >= 0.3 is 0 Å². The number of nitrogens with zero attached hydrogens (tertiary/aromatic N) is 1. The molecular formula is C31H33NO5. The molecular weight excluding hydrogens is 466 g/mol. The quantitative estimate of drug-likeness (QED) is 0.208. The van der Waals surface area contributed by atoms with E-state index in [2.05, 4.69) is 13.8 Å². The van der Waals surface area contributed by atoms with Gasteiger partial charge in [-0.05, 0) is 60.7 Å². The summed E-state index contributed by atoms with van der Waals surface area (Å²) in [5.41, 5.74) is 2.57. The Labute approximate surface area is 218 Å². The zero-order valence-corrected chi connectivity index (χ0v) is 21.7. The zero-order chi connectivity index (χ0) is 26.5. The largest absolute Gasteiger partial charge is 0.507 e. The van der Waals surface area contributed by atoms with E-state index in [0.29, 0.717) is 41.9 Å². The number of anilines is 1. The first kappa shape index (κ1) is 26.0. The molecule has 1 aliphatic heterocycles. The molecule has 0 aromatic heterocycles. The van der Waals surface area contributed by atoms with Gasteiger partial charge in [-0.25, -0.2) is 0 Å². The first-order chi connectivity index (χ1) is 17.8. The van der Waals surface area contributed by atoms with Gasteiger partial charge in [-0.1, -0.05) is 57.2 Å². The van der Waals surface area contributed by atoms with Crippen molar-refractivity contribution in [1.82, 2.24) is 0 Å². The van der Waals surface area contributed by atoms with Crippen LogP contribution in [0.4, 0.5) is 5.69 Å². The summed E-state index contributed by atoms with van der Waals surface area (Å²) >= 11 is 0. The fraction of sp³-hybridized carbons (Fsp3) is 0.290. The molecule has 0 spiro atoms. The van der Waals surface area contributed by atoms with E-state index in [1.54, 1.807) is 36.4 Å². The van der Waals surface area contributed by atoms with E-state index in [4.69, 9.17) is 9.47 Å². The Morgan fingerprint density at radius 1 is 0.973 bits per heavy atom. The predicted molar refractivity (Wildman–Crippen MR) is 145 cm³/mol. The van der Waals surface area contributed by atoms with Gasteiger partial charge in [0.2, 0.25) is 0 Å². The van der Waals surface area contributed by atoms with Crippen molar-refractivity contribution in [3.63, 3.8) is 0 Å². The third-order valence-electron chi connectivity index (χ3n) is 6.15. The first-order valence-electron chi connectivity index (χ1n) is 12.6. The van der Waals surface area contributed by atoms with Crippen LogP contribution in [-0.4, -0.2) is 30.0 Å². The van der Waals surface area contributed by atoms with Crippen LogP contribution in [0.5, 0.6) is 11.5 Å². The number of aliphatic hydroxyl groups is 1. The van der Waals surface area contributed by atoms with Crippen molar-refractivity contribution in [3.8, 4) is 11.5 Å². The second kappa shape index (κ2) is 11.3. The zero-order valence-electron chi connectivity index (χ0n) is 21.7. The van der Waals surface area contributed by atoms with Crippen molar-refractivity contribution in [2.75, 3.05) is 18.1 Å². The van der Waals surface area contributed by atoms with Crippen LogP contribution < -0.4 is 14.4 Å². The molecule has 3 aromatic carbocycles. The molecule has 6 nitrogen and oxygen atoms in total. The number of amides is 1. The Balaban J connectivity index is 1.81. The Bertz CT molecular complexity index is 1310. The Morgan fingerprint density at radius 3 is 2.41 bits per heavy atom. The molecule has 1 unspecified atom stereocenters. The number of aryl methyl sites for hydroxylation is 1. The van der Waals surface area contributed by atoms with Crippen LogP contribution in [0, 0.1) is 12.8 Å². The Kier molecular flexibility index (Phi) is 7.97. The SMILES string of the molecule is CCCOc1cccc(N2C(=O)C(=O)/C(=C(/O)c3ccc(OCC(C)C)c(C)c3)C2c2ccccc2)c1. The standard InChI is InChI=1S/C31H33NO5/c1-5-16-36-25-13-9-12-24(18-25)32-28(22-10-7-6-8-11-22)27(30(34)31(32)35)29(33)23-14-15-26(21(4)17-23)37-19-20(2)3/h6-15,17-18,20,28,33H,5,16,19H2,1-4H3/b29-27+. The summed E-state index contributed by atoms with van der Waals surface area (Å²) in [7, 11) is 0. The highest BCUT2D eigenvalue weighted by molar-refractivity contribution is 6.51. The fourth-order valence-electron chi connectivity index (χ4n) is 4.36. The minimum absolute atomic E-state index is 0.0475. The molecule has 1 amide bonds. The topological polar surface area (TPSA) is 76.1 Å². The van der Waals surface area contributed by atoms with Gasteiger partial charge in [0.05, 0.1) is 24.8 Å². The molecule has 1 atom stereocenters. The van der Waals surface area contributed by atoms with Crippen LogP contribution in [0.1, 0.15) is 49.9 Å². The Morgan fingerprint density at radius 2 is 1.73 bits per heavy atom. The molecule has 1 N–H and O–H groups in total. The van der Waals surface area contributed by atoms with Gasteiger partial charge in [-0.3, -0.25) is 14.5 Å². The maximum Gasteiger partial charge on any atom is 0.300 e. The van der Waals surface area contributed by atoms with Crippen LogP contribution in [0.2, 0.25) is 0 Å². The maximum atomic E-state index is 13.4. The van der Waals surface area contributed by atoms with Gasteiger partial charge < -0.3 is 14.6 Å². The summed E-state index contributed by atoms with van der Waals surface area (Å²) in [5.74, 6) is 0.0577. The molecule has 37 heavy (non-hydrogen) atoms. The van der Waals surface area contributed by atoms with Crippen molar-refractivity contribution in [2.24, 2.45) is 5.92 Å². The number of Topliss-reactive ketones (excluding diaryl/α,β-unsaturated/α-hetero) is 1. The average Bonchev–Trinajstić information content (AvgIpc) is 3.17. The molecule has 1 heterocycles. The number of ether oxygens (including phenoxy) is 2. The van der Waals surface area contributed by atoms with Gasteiger partial charge in [0.1, 0.15) is 17.3 Å². The summed E-state index contributed by atoms with van der Waals surface area (Å²) < 4.78 is 11.6. The summed E-state index contributed by atoms with van der Waals surface area (Å²) in [5, 5.41) is 11.4. The predicted octanol–water partition coefficient (Wildman–Crippen LogP) is 6.44. The van der Waals surface area contributed by atoms with E-state index in [9.17, 15) is 14.7 Å². The van der Waals surface area contributed by atoms with Crippen LogP contribution in [0.3, 0.4) is 0 Å². The maximum absolute atomic E-state index is 13.4. The smallest absolute Gasteiger partial charge is 0.300 e. The van der Waals surface area contributed by atoms with Gasteiger partial charge in [-0.15, -0.1) is 0 Å². The number of carbonyl (C=O) groups excluding carboxylic acids is 2. The number of aliphatic hydroxyl groups excluding tert-OH is 1. The molecule has 3 aromatic rings. The minimum atomic E-state index is -0.792. The molecule has 0 saturated carbocycles. The molecule has 1 aliphatic rings. The van der Waals surface area contributed by atoms with E-state index >= 15 is 0 Å². The number of hydrogen-bond acceptors (Lipinski definition) is 5. The number of hydrogen-bond donors (Lipinski definition) is 1. The number of rotatable bonds is 9. The Hall–Kier alpha value is -4.06. The monoisotopic (exact) mass is 499 g/mol. The van der Waals surface area contributed by atoms with Gasteiger partial charge in [0.25, 0.3) is 11.7 Å². The molecule has 0 radical (unpaired) electrons. The van der Waals surface area contributed by atoms with E-state index in [1.807, 2.05) is 50.2 Å². The highest BCUT2D eigenvalue weighted by Gasteiger charge is 2.47. The van der Waals surface area contributed by atoms with Crippen molar-refractivity contribution >= 4 is 23.1 Å². The van der Waals surface area contributed by atoms with E-state index in [-0.39, 0.29) is 11.3 Å². The van der Waals surface area contributed by atoms with Crippen LogP contribution >= 0.6 is 0 Å². The van der Waals surface area contributed by atoms with Crippen molar-refractivity contribution in [3.05, 3.63) is 95.1 Å². The van der Waals surface area contributed by atoms with E-state index in [1.165, 1.54) is 4.90 Å². The van der Waals surface area contributed by atoms with Crippen LogP contribution in [0.15, 0.2) is 78.4 Å². The van der Waals surface area contributed by atoms with Gasteiger partial charge in [-0.2, -0.15) is 0 Å². The third-order valence-corrected chi connectivity index (χ3v) is 6.15. The number of benzene rings is 3. The molecule has 6 heteroatoms. The lowest BCUT2D eigenvalue weighted by molar-refractivity contribution is -0.132. The summed E-state index contributed by atoms with van der Waals surface area (Å²) in [6.45, 7) is 9.17. The number of carbonyl (C=O) groups is 2. The van der Waals surface area contributed by atoms with Crippen LogP contribution in [-0.2, 0) is 9.59 Å². The lowest BCUT2D eigenvalue weighted by Crippen LogP contribution is -2.29. The molecule has 0 aliphatic carbocycles. The molecule has 0 bridgehead atoms. The summed E-state index contributed by atoms with van der Waals surface area (Å²) in [6, 6.07) is 20.9. The highest BCUT2D eigenvalue weighted by Crippen LogP contribution is 2.43. The summed E-state index contributed by atoms with van der Waals surface area (Å²) in [6.07, 6.45) is 0.847. The lowest BCUT2D eigenvalue weighted by Gasteiger charge is -2.26. The molecule has 1 saturated heterocycles. The molecule has 192 valence electrons. The minimum Gasteiger partial charge on any atom is -0.507 e. The van der Waals surface area contributed by atoms with Crippen molar-refractivity contribution in [2.45, 2.75) is 40.2 Å². The number of ketones is 1. The normalized spacial score (nSPS) is 16.9. The van der Waals surface area contributed by atoms with E-state index < -0.39 is 17.7 Å². The van der Waals surface area contributed by atoms with Crippen LogP contribution in [0.25, 0.3) is 5.76 Å². The summed E-state index contributed by atoms with van der Waals surface area (Å²) in [4.78, 5) is 28.2. The fourth-order valence-corrected chi connectivity index (χ4v) is 4.36. The van der Waals surface area contributed by atoms with Crippen molar-refractivity contribution < 1.29 is 24.2 Å². The molecule has 4 rings (SSSR count). The molecule has 1 fully saturated rings. The third kappa shape index (κ3) is 5.53. The first-order valence-corrected chi connectivity index (χ1v) is 12.6. The second-order valence-electron chi connectivity index (χ2n) is 9.61. The lowest BCUT2D eigenvalue weighted by atomic mass is 9.94. The average molecular weight is 500 g/mol. The van der Waals surface area contributed by atoms with Gasteiger partial charge in [0, 0.05) is 17.3 Å².